The fourth-order valence-corrected chi connectivity index (χ4v) is 6.34. The first-order valence-electron chi connectivity index (χ1n) is 14.1. The Hall–Kier alpha value is -4.68. The summed E-state index contributed by atoms with van der Waals surface area (Å²) in [4.78, 5) is 25.6. The molecule has 0 fully saturated rings. The van der Waals surface area contributed by atoms with Crippen molar-refractivity contribution < 1.29 is 26.4 Å². The number of carbonyl (C=O) groups excluding carboxylic acids is 2. The summed E-state index contributed by atoms with van der Waals surface area (Å²) < 4.78 is 52.4. The van der Waals surface area contributed by atoms with Crippen LogP contribution in [0, 0.1) is 0 Å². The number of sulfonamides is 2. The van der Waals surface area contributed by atoms with E-state index in [2.05, 4.69) is 10.6 Å². The van der Waals surface area contributed by atoms with Gasteiger partial charge >= 0.3 is 0 Å². The standard InChI is InChI=1S/C33H36N4O6S2/c1-25(35-33(39)29-16-20-31(21-17-29)37(45(3,42)43)24-27-12-8-5-9-13-27)22-34-32(38)28-14-18-30(19-15-28)36(44(2,40)41)23-26-10-6-4-7-11-26/h4-21,25H,22-24H2,1-3H3,(H,34,38)(H,35,39). The third-order valence-electron chi connectivity index (χ3n) is 6.92. The molecule has 0 spiro atoms. The molecule has 12 heteroatoms. The first-order valence-corrected chi connectivity index (χ1v) is 17.8. The van der Waals surface area contributed by atoms with Crippen LogP contribution in [0.4, 0.5) is 11.4 Å². The van der Waals surface area contributed by atoms with E-state index in [9.17, 15) is 26.4 Å². The highest BCUT2D eigenvalue weighted by Crippen LogP contribution is 2.23. The van der Waals surface area contributed by atoms with Gasteiger partial charge in [0.2, 0.25) is 20.0 Å². The number of hydrogen-bond donors (Lipinski definition) is 2. The molecule has 0 aliphatic rings. The Labute approximate surface area is 264 Å². The largest absolute Gasteiger partial charge is 0.350 e. The van der Waals surface area contributed by atoms with Crippen molar-refractivity contribution in [1.29, 1.82) is 0 Å². The molecule has 1 atom stereocenters. The van der Waals surface area contributed by atoms with Crippen molar-refractivity contribution in [3.8, 4) is 0 Å². The predicted molar refractivity (Wildman–Crippen MR) is 177 cm³/mol. The zero-order chi connectivity index (χ0) is 32.6. The molecule has 4 rings (SSSR count). The lowest BCUT2D eigenvalue weighted by Crippen LogP contribution is -2.41. The van der Waals surface area contributed by atoms with Crippen molar-refractivity contribution in [2.75, 3.05) is 27.7 Å². The topological polar surface area (TPSA) is 133 Å². The Balaban J connectivity index is 1.33. The summed E-state index contributed by atoms with van der Waals surface area (Å²) in [5.41, 5.74) is 3.21. The fraction of sp³-hybridized carbons (Fsp3) is 0.212. The number of nitrogens with zero attached hydrogens (tertiary/aromatic N) is 2. The SMILES string of the molecule is CC(CNC(=O)c1ccc(N(Cc2ccccc2)S(C)(=O)=O)cc1)NC(=O)c1ccc(N(Cc2ccccc2)S(C)(=O)=O)cc1. The maximum absolute atomic E-state index is 12.8. The van der Waals surface area contributed by atoms with Crippen LogP contribution in [-0.2, 0) is 33.1 Å². The summed E-state index contributed by atoms with van der Waals surface area (Å²) in [6, 6.07) is 30.6. The molecule has 0 heterocycles. The average molecular weight is 649 g/mol. The molecule has 0 aliphatic heterocycles. The minimum atomic E-state index is -3.57. The minimum absolute atomic E-state index is 0.146. The van der Waals surface area contributed by atoms with Crippen molar-refractivity contribution >= 4 is 43.2 Å². The normalized spacial score (nSPS) is 12.2. The molecule has 0 aromatic heterocycles. The van der Waals surface area contributed by atoms with Crippen molar-refractivity contribution in [3.63, 3.8) is 0 Å². The first kappa shape index (κ1) is 33.2. The Bertz CT molecular complexity index is 1820. The smallest absolute Gasteiger partial charge is 0.251 e. The van der Waals surface area contributed by atoms with Gasteiger partial charge in [0.25, 0.3) is 11.8 Å². The lowest BCUT2D eigenvalue weighted by Gasteiger charge is -2.23. The van der Waals surface area contributed by atoms with E-state index in [1.807, 2.05) is 60.7 Å². The summed E-state index contributed by atoms with van der Waals surface area (Å²) in [6.07, 6.45) is 2.27. The van der Waals surface area contributed by atoms with Gasteiger partial charge in [-0.05, 0) is 66.6 Å². The van der Waals surface area contributed by atoms with Crippen LogP contribution in [0.15, 0.2) is 109 Å². The van der Waals surface area contributed by atoms with E-state index in [-0.39, 0.29) is 31.4 Å². The molecule has 2 amide bonds. The third-order valence-corrected chi connectivity index (χ3v) is 9.20. The molecule has 2 N–H and O–H groups in total. The molecule has 10 nitrogen and oxygen atoms in total. The fourth-order valence-electron chi connectivity index (χ4n) is 4.56. The van der Waals surface area contributed by atoms with E-state index in [1.54, 1.807) is 55.5 Å². The highest BCUT2D eigenvalue weighted by atomic mass is 32.2. The quantitative estimate of drug-likeness (QED) is 0.224. The molecular weight excluding hydrogens is 613 g/mol. The van der Waals surface area contributed by atoms with Crippen LogP contribution in [0.2, 0.25) is 0 Å². The molecular formula is C33H36N4O6S2. The van der Waals surface area contributed by atoms with Crippen LogP contribution in [0.5, 0.6) is 0 Å². The van der Waals surface area contributed by atoms with Crippen molar-refractivity contribution in [1.82, 2.24) is 10.6 Å². The molecule has 0 radical (unpaired) electrons. The summed E-state index contributed by atoms with van der Waals surface area (Å²) in [5.74, 6) is -0.749. The van der Waals surface area contributed by atoms with Gasteiger partial charge in [0.15, 0.2) is 0 Å². The van der Waals surface area contributed by atoms with Gasteiger partial charge in [-0.25, -0.2) is 16.8 Å². The monoisotopic (exact) mass is 648 g/mol. The number of benzene rings is 4. The van der Waals surface area contributed by atoms with Crippen molar-refractivity contribution in [3.05, 3.63) is 131 Å². The van der Waals surface area contributed by atoms with Crippen LogP contribution in [0.1, 0.15) is 38.8 Å². The second kappa shape index (κ2) is 14.4. The van der Waals surface area contributed by atoms with Crippen LogP contribution in [0.3, 0.4) is 0 Å². The summed E-state index contributed by atoms with van der Waals surface area (Å²) in [5, 5.41) is 5.61. The lowest BCUT2D eigenvalue weighted by atomic mass is 10.1. The van der Waals surface area contributed by atoms with E-state index in [4.69, 9.17) is 0 Å². The van der Waals surface area contributed by atoms with Gasteiger partial charge in [0.05, 0.1) is 37.0 Å². The Morgan fingerprint density at radius 2 is 0.978 bits per heavy atom. The number of nitrogens with one attached hydrogen (secondary N) is 2. The summed E-state index contributed by atoms with van der Waals surface area (Å²) in [7, 11) is -7.14. The summed E-state index contributed by atoms with van der Waals surface area (Å²) in [6.45, 7) is 2.21. The van der Waals surface area contributed by atoms with Crippen molar-refractivity contribution in [2.24, 2.45) is 0 Å². The predicted octanol–water partition coefficient (Wildman–Crippen LogP) is 4.17. The van der Waals surface area contributed by atoms with Crippen LogP contribution < -0.4 is 19.2 Å². The number of rotatable bonds is 13. The summed E-state index contributed by atoms with van der Waals surface area (Å²) >= 11 is 0. The Kier molecular flexibility index (Phi) is 10.6. The van der Waals surface area contributed by atoms with Gasteiger partial charge < -0.3 is 10.6 Å². The highest BCUT2D eigenvalue weighted by molar-refractivity contribution is 7.92. The van der Waals surface area contributed by atoms with Crippen LogP contribution >= 0.6 is 0 Å². The molecule has 4 aromatic carbocycles. The Morgan fingerprint density at radius 3 is 1.36 bits per heavy atom. The highest BCUT2D eigenvalue weighted by Gasteiger charge is 2.20. The lowest BCUT2D eigenvalue weighted by molar-refractivity contribution is 0.0912. The number of anilines is 2. The maximum atomic E-state index is 12.8. The first-order chi connectivity index (χ1) is 21.3. The van der Waals surface area contributed by atoms with Gasteiger partial charge in [-0.3, -0.25) is 18.2 Å². The number of hydrogen-bond acceptors (Lipinski definition) is 6. The van der Waals surface area contributed by atoms with Crippen LogP contribution in [0.25, 0.3) is 0 Å². The van der Waals surface area contributed by atoms with E-state index >= 15 is 0 Å². The second-order valence-electron chi connectivity index (χ2n) is 10.7. The van der Waals surface area contributed by atoms with Crippen molar-refractivity contribution in [2.45, 2.75) is 26.1 Å². The van der Waals surface area contributed by atoms with E-state index in [0.717, 1.165) is 23.6 Å². The van der Waals surface area contributed by atoms with E-state index in [1.165, 1.54) is 8.61 Å². The number of amides is 2. The maximum Gasteiger partial charge on any atom is 0.251 e. The van der Waals surface area contributed by atoms with Crippen LogP contribution in [-0.4, -0.2) is 53.7 Å². The average Bonchev–Trinajstić information content (AvgIpc) is 3.01. The minimum Gasteiger partial charge on any atom is -0.350 e. The van der Waals surface area contributed by atoms with Gasteiger partial charge in [0, 0.05) is 23.7 Å². The molecule has 0 saturated carbocycles. The molecule has 0 saturated heterocycles. The second-order valence-corrected chi connectivity index (χ2v) is 14.5. The molecule has 0 bridgehead atoms. The van der Waals surface area contributed by atoms with Gasteiger partial charge in [-0.1, -0.05) is 60.7 Å². The molecule has 45 heavy (non-hydrogen) atoms. The van der Waals surface area contributed by atoms with Gasteiger partial charge in [-0.2, -0.15) is 0 Å². The molecule has 4 aromatic rings. The van der Waals surface area contributed by atoms with Gasteiger partial charge in [-0.15, -0.1) is 0 Å². The van der Waals surface area contributed by atoms with E-state index in [0.29, 0.717) is 22.5 Å². The van der Waals surface area contributed by atoms with Gasteiger partial charge in [0.1, 0.15) is 0 Å². The zero-order valence-corrected chi connectivity index (χ0v) is 26.9. The Morgan fingerprint density at radius 1 is 0.600 bits per heavy atom. The molecule has 0 aliphatic carbocycles. The van der Waals surface area contributed by atoms with E-state index < -0.39 is 26.1 Å². The molecule has 236 valence electrons. The number of carbonyl (C=O) groups is 2. The zero-order valence-electron chi connectivity index (χ0n) is 25.3. The molecule has 1 unspecified atom stereocenters. The third kappa shape index (κ3) is 9.40.